The quantitative estimate of drug-likeness (QED) is 0.888. The van der Waals surface area contributed by atoms with Gasteiger partial charge in [-0.1, -0.05) is 6.07 Å². The molecule has 1 aliphatic rings. The third kappa shape index (κ3) is 4.42. The van der Waals surface area contributed by atoms with E-state index in [-0.39, 0.29) is 18.2 Å². The lowest BCUT2D eigenvalue weighted by atomic mass is 10.2. The van der Waals surface area contributed by atoms with E-state index in [2.05, 4.69) is 39.3 Å². The van der Waals surface area contributed by atoms with E-state index in [0.717, 1.165) is 24.5 Å². The fourth-order valence-corrected chi connectivity index (χ4v) is 3.21. The number of thiazole rings is 1. The summed E-state index contributed by atoms with van der Waals surface area (Å²) in [5.41, 5.74) is 0.947. The molecular weight excluding hydrogens is 326 g/mol. The number of hydrogen-bond acceptors (Lipinski definition) is 6. The van der Waals surface area contributed by atoms with Crippen LogP contribution in [0.2, 0.25) is 0 Å². The maximum Gasteiger partial charge on any atom is 0.321 e. The highest BCUT2D eigenvalue weighted by Gasteiger charge is 2.22. The van der Waals surface area contributed by atoms with Crippen LogP contribution in [0.4, 0.5) is 15.7 Å². The van der Waals surface area contributed by atoms with Crippen molar-refractivity contribution in [3.63, 3.8) is 0 Å². The predicted molar refractivity (Wildman–Crippen MR) is 94.4 cm³/mol. The molecule has 2 aromatic heterocycles. The van der Waals surface area contributed by atoms with Crippen LogP contribution in [0.5, 0.6) is 0 Å². The second-order valence-electron chi connectivity index (χ2n) is 5.83. The topological polar surface area (TPSA) is 79.4 Å². The highest BCUT2D eigenvalue weighted by Crippen LogP contribution is 2.18. The zero-order valence-electron chi connectivity index (χ0n) is 13.7. The van der Waals surface area contributed by atoms with Gasteiger partial charge >= 0.3 is 6.03 Å². The highest BCUT2D eigenvalue weighted by molar-refractivity contribution is 7.13. The third-order valence-electron chi connectivity index (χ3n) is 3.66. The van der Waals surface area contributed by atoms with Crippen LogP contribution in [0, 0.1) is 0 Å². The van der Waals surface area contributed by atoms with Crippen LogP contribution in [0.25, 0.3) is 0 Å². The predicted octanol–water partition coefficient (Wildman–Crippen LogP) is 2.47. The molecule has 2 amide bonds. The Labute approximate surface area is 145 Å². The van der Waals surface area contributed by atoms with Crippen molar-refractivity contribution in [1.29, 1.82) is 0 Å². The summed E-state index contributed by atoms with van der Waals surface area (Å²) < 4.78 is 5.74. The number of aromatic nitrogens is 2. The molecule has 0 unspecified atom stereocenters. The van der Waals surface area contributed by atoms with Gasteiger partial charge in [0.25, 0.3) is 0 Å². The van der Waals surface area contributed by atoms with Gasteiger partial charge in [0.1, 0.15) is 5.82 Å². The molecule has 2 atom stereocenters. The van der Waals surface area contributed by atoms with Crippen molar-refractivity contribution >= 4 is 28.3 Å². The van der Waals surface area contributed by atoms with Gasteiger partial charge in [0.15, 0.2) is 5.13 Å². The molecule has 0 aliphatic carbocycles. The fourth-order valence-electron chi connectivity index (χ4n) is 2.68. The number of hydrogen-bond donors (Lipinski definition) is 2. The van der Waals surface area contributed by atoms with E-state index in [0.29, 0.717) is 11.7 Å². The number of pyridine rings is 1. The van der Waals surface area contributed by atoms with E-state index in [9.17, 15) is 4.79 Å². The average Bonchev–Trinajstić information content (AvgIpc) is 3.05. The van der Waals surface area contributed by atoms with E-state index >= 15 is 0 Å². The Morgan fingerprint density at radius 3 is 2.75 bits per heavy atom. The smallest absolute Gasteiger partial charge is 0.321 e. The van der Waals surface area contributed by atoms with Crippen molar-refractivity contribution in [2.24, 2.45) is 0 Å². The summed E-state index contributed by atoms with van der Waals surface area (Å²) in [6.07, 6.45) is 3.85. The van der Waals surface area contributed by atoms with Gasteiger partial charge < -0.3 is 15.0 Å². The van der Waals surface area contributed by atoms with Crippen LogP contribution in [-0.4, -0.2) is 41.3 Å². The molecule has 0 spiro atoms. The summed E-state index contributed by atoms with van der Waals surface area (Å²) >= 11 is 1.38. The van der Waals surface area contributed by atoms with Crippen molar-refractivity contribution in [2.45, 2.75) is 32.6 Å². The Kier molecular flexibility index (Phi) is 5.27. The molecule has 1 aliphatic heterocycles. The molecule has 2 aromatic rings. The Morgan fingerprint density at radius 1 is 1.33 bits per heavy atom. The lowest BCUT2D eigenvalue weighted by Gasteiger charge is -2.36. The van der Waals surface area contributed by atoms with Crippen LogP contribution < -0.4 is 15.5 Å². The van der Waals surface area contributed by atoms with Gasteiger partial charge in [0.2, 0.25) is 0 Å². The number of anilines is 2. The molecule has 24 heavy (non-hydrogen) atoms. The molecule has 8 heteroatoms. The number of urea groups is 1. The summed E-state index contributed by atoms with van der Waals surface area (Å²) in [4.78, 5) is 22.5. The number of nitrogens with one attached hydrogen (secondary N) is 2. The second-order valence-corrected chi connectivity index (χ2v) is 6.73. The van der Waals surface area contributed by atoms with Crippen molar-refractivity contribution in [1.82, 2.24) is 15.3 Å². The maximum atomic E-state index is 11.8. The standard InChI is InChI=1S/C16H21N5O2S/c1-11-9-21(10-12(2)23-11)14-4-3-13(7-18-14)8-19-15(22)20-16-17-5-6-24-16/h3-7,11-12H,8-10H2,1-2H3,(H2,17,19,20,22)/t11-,12+. The van der Waals surface area contributed by atoms with E-state index in [1.165, 1.54) is 11.3 Å². The van der Waals surface area contributed by atoms with E-state index in [4.69, 9.17) is 4.74 Å². The molecule has 0 aromatic carbocycles. The van der Waals surface area contributed by atoms with E-state index < -0.39 is 0 Å². The molecule has 3 rings (SSSR count). The minimum Gasteiger partial charge on any atom is -0.372 e. The number of nitrogens with zero attached hydrogens (tertiary/aromatic N) is 3. The lowest BCUT2D eigenvalue weighted by molar-refractivity contribution is -0.00546. The van der Waals surface area contributed by atoms with Gasteiger partial charge in [-0.05, 0) is 25.5 Å². The first kappa shape index (κ1) is 16.7. The van der Waals surface area contributed by atoms with Crippen LogP contribution in [0.15, 0.2) is 29.9 Å². The minimum atomic E-state index is -0.273. The van der Waals surface area contributed by atoms with Crippen LogP contribution in [0.1, 0.15) is 19.4 Å². The molecule has 0 saturated carbocycles. The van der Waals surface area contributed by atoms with Crippen LogP contribution >= 0.6 is 11.3 Å². The Balaban J connectivity index is 1.52. The summed E-state index contributed by atoms with van der Waals surface area (Å²) in [5, 5.41) is 7.86. The van der Waals surface area contributed by atoms with Crippen molar-refractivity contribution in [2.75, 3.05) is 23.3 Å². The second kappa shape index (κ2) is 7.59. The normalized spacial score (nSPS) is 20.7. The van der Waals surface area contributed by atoms with Gasteiger partial charge in [0, 0.05) is 37.4 Å². The van der Waals surface area contributed by atoms with Crippen molar-refractivity contribution in [3.8, 4) is 0 Å². The molecule has 0 bridgehead atoms. The van der Waals surface area contributed by atoms with Gasteiger partial charge in [-0.2, -0.15) is 0 Å². The molecule has 3 heterocycles. The molecular formula is C16H21N5O2S. The molecule has 0 radical (unpaired) electrons. The van der Waals surface area contributed by atoms with Gasteiger partial charge in [-0.15, -0.1) is 11.3 Å². The maximum absolute atomic E-state index is 11.8. The SMILES string of the molecule is C[C@@H]1CN(c2ccc(CNC(=O)Nc3nccs3)cn2)C[C@H](C)O1. The summed E-state index contributed by atoms with van der Waals surface area (Å²) in [6, 6.07) is 3.70. The average molecular weight is 347 g/mol. The molecule has 7 nitrogen and oxygen atoms in total. The van der Waals surface area contributed by atoms with Crippen molar-refractivity contribution < 1.29 is 9.53 Å². The molecule has 1 fully saturated rings. The first-order chi connectivity index (χ1) is 11.6. The summed E-state index contributed by atoms with van der Waals surface area (Å²) in [7, 11) is 0. The Morgan fingerprint density at radius 2 is 2.12 bits per heavy atom. The third-order valence-corrected chi connectivity index (χ3v) is 4.35. The van der Waals surface area contributed by atoms with Gasteiger partial charge in [-0.3, -0.25) is 5.32 Å². The van der Waals surface area contributed by atoms with Gasteiger partial charge in [0.05, 0.1) is 12.2 Å². The number of ether oxygens (including phenoxy) is 1. The number of carbonyl (C=O) groups is 1. The van der Waals surface area contributed by atoms with Crippen LogP contribution in [-0.2, 0) is 11.3 Å². The fraction of sp³-hybridized carbons (Fsp3) is 0.438. The number of carbonyl (C=O) groups excluding carboxylic acids is 1. The molecule has 128 valence electrons. The Bertz CT molecular complexity index is 652. The Hall–Kier alpha value is -2.19. The number of rotatable bonds is 4. The first-order valence-electron chi connectivity index (χ1n) is 7.90. The summed E-state index contributed by atoms with van der Waals surface area (Å²) in [6.45, 7) is 6.24. The lowest BCUT2D eigenvalue weighted by Crippen LogP contribution is -2.45. The molecule has 2 N–H and O–H groups in total. The van der Waals surface area contributed by atoms with Crippen LogP contribution in [0.3, 0.4) is 0 Å². The zero-order chi connectivity index (χ0) is 16.9. The highest BCUT2D eigenvalue weighted by atomic mass is 32.1. The van der Waals surface area contributed by atoms with E-state index in [1.54, 1.807) is 12.4 Å². The minimum absolute atomic E-state index is 0.200. The molecule has 1 saturated heterocycles. The van der Waals surface area contributed by atoms with E-state index in [1.807, 2.05) is 17.5 Å². The summed E-state index contributed by atoms with van der Waals surface area (Å²) in [5.74, 6) is 0.938. The zero-order valence-corrected chi connectivity index (χ0v) is 14.5. The number of amides is 2. The number of morpholine rings is 1. The monoisotopic (exact) mass is 347 g/mol. The van der Waals surface area contributed by atoms with Crippen molar-refractivity contribution in [3.05, 3.63) is 35.5 Å². The largest absolute Gasteiger partial charge is 0.372 e. The first-order valence-corrected chi connectivity index (χ1v) is 8.78. The van der Waals surface area contributed by atoms with Gasteiger partial charge in [-0.25, -0.2) is 14.8 Å².